The first kappa shape index (κ1) is 25.2. The maximum absolute atomic E-state index is 6.36. The quantitative estimate of drug-likeness (QED) is 0.206. The van der Waals surface area contributed by atoms with Gasteiger partial charge in [-0.1, -0.05) is 97.1 Å². The minimum Gasteiger partial charge on any atom is -0.456 e. The summed E-state index contributed by atoms with van der Waals surface area (Å²) in [6.07, 6.45) is 0. The van der Waals surface area contributed by atoms with E-state index in [2.05, 4.69) is 127 Å². The first-order valence-electron chi connectivity index (χ1n) is 15.5. The third-order valence-corrected chi connectivity index (χ3v) is 9.43. The molecule has 0 spiro atoms. The lowest BCUT2D eigenvalue weighted by atomic mass is 9.91. The number of aromatic nitrogens is 2. The van der Waals surface area contributed by atoms with Crippen molar-refractivity contribution in [2.45, 2.75) is 0 Å². The van der Waals surface area contributed by atoms with E-state index in [0.29, 0.717) is 0 Å². The highest BCUT2D eigenvalue weighted by atomic mass is 16.3. The van der Waals surface area contributed by atoms with Gasteiger partial charge in [0.25, 0.3) is 0 Å². The average molecular weight is 591 g/mol. The van der Waals surface area contributed by atoms with Crippen molar-refractivity contribution < 1.29 is 8.83 Å². The molecule has 7 aromatic carbocycles. The number of furan rings is 2. The Hall–Kier alpha value is -6.13. The Balaban J connectivity index is 1.11. The lowest BCUT2D eigenvalue weighted by molar-refractivity contribution is 0.664. The second-order valence-corrected chi connectivity index (χ2v) is 12.0. The van der Waals surface area contributed by atoms with Crippen LogP contribution in [0, 0.1) is 0 Å². The van der Waals surface area contributed by atoms with E-state index < -0.39 is 0 Å². The fraction of sp³-hybridized carbons (Fsp3) is 0.0238. The summed E-state index contributed by atoms with van der Waals surface area (Å²) in [7, 11) is 2.08. The molecule has 10 rings (SSSR count). The normalized spacial score (nSPS) is 12.0. The Bertz CT molecular complexity index is 2820. The highest BCUT2D eigenvalue weighted by Crippen LogP contribution is 2.41. The van der Waals surface area contributed by atoms with Gasteiger partial charge in [0.15, 0.2) is 0 Å². The third-order valence-electron chi connectivity index (χ3n) is 9.43. The van der Waals surface area contributed by atoms with Crippen molar-refractivity contribution >= 4 is 65.7 Å². The summed E-state index contributed by atoms with van der Waals surface area (Å²) in [4.78, 5) is 5.04. The van der Waals surface area contributed by atoms with Gasteiger partial charge in [0, 0.05) is 34.2 Å². The molecule has 0 aliphatic rings. The summed E-state index contributed by atoms with van der Waals surface area (Å²) < 4.78 is 14.7. The molecule has 0 bridgehead atoms. The Morgan fingerprint density at radius 2 is 1.00 bits per heavy atom. The van der Waals surface area contributed by atoms with Gasteiger partial charge in [-0.2, -0.15) is 0 Å². The molecule has 0 amide bonds. The Morgan fingerprint density at radius 1 is 0.435 bits per heavy atom. The zero-order valence-electron chi connectivity index (χ0n) is 25.0. The number of fused-ring (bicyclic) bond motifs is 8. The molecule has 4 nitrogen and oxygen atoms in total. The number of benzene rings is 7. The lowest BCUT2D eigenvalue weighted by Gasteiger charge is -2.12. The summed E-state index contributed by atoms with van der Waals surface area (Å²) in [6, 6.07) is 49.0. The van der Waals surface area contributed by atoms with Crippen LogP contribution in [0.1, 0.15) is 0 Å². The van der Waals surface area contributed by atoms with Gasteiger partial charge >= 0.3 is 0 Å². The molecule has 0 saturated heterocycles. The molecular weight excluding hydrogens is 564 g/mol. The number of imidazole rings is 1. The molecule has 46 heavy (non-hydrogen) atoms. The van der Waals surface area contributed by atoms with Gasteiger partial charge in [0.05, 0.1) is 11.0 Å². The summed E-state index contributed by atoms with van der Waals surface area (Å²) in [6.45, 7) is 0. The molecule has 4 heteroatoms. The molecule has 0 fully saturated rings. The monoisotopic (exact) mass is 590 g/mol. The fourth-order valence-corrected chi connectivity index (χ4v) is 7.18. The summed E-state index contributed by atoms with van der Waals surface area (Å²) in [5.74, 6) is 0.969. The number of para-hydroxylation sites is 1. The number of rotatable bonds is 3. The minimum absolute atomic E-state index is 0.867. The molecule has 3 heterocycles. The highest BCUT2D eigenvalue weighted by Gasteiger charge is 2.16. The number of aryl methyl sites for hydroxylation is 1. The zero-order chi connectivity index (χ0) is 30.4. The van der Waals surface area contributed by atoms with Crippen LogP contribution in [0.5, 0.6) is 0 Å². The van der Waals surface area contributed by atoms with E-state index in [-0.39, 0.29) is 0 Å². The van der Waals surface area contributed by atoms with Crippen molar-refractivity contribution in [2.75, 3.05) is 0 Å². The van der Waals surface area contributed by atoms with Crippen LogP contribution >= 0.6 is 0 Å². The van der Waals surface area contributed by atoms with Crippen LogP contribution in [0.4, 0.5) is 0 Å². The summed E-state index contributed by atoms with van der Waals surface area (Å²) >= 11 is 0. The van der Waals surface area contributed by atoms with E-state index in [1.54, 1.807) is 0 Å². The summed E-state index contributed by atoms with van der Waals surface area (Å²) in [5, 5.41) is 6.73. The first-order chi connectivity index (χ1) is 22.7. The van der Waals surface area contributed by atoms with E-state index in [0.717, 1.165) is 77.4 Å². The van der Waals surface area contributed by atoms with Crippen molar-refractivity contribution in [2.24, 2.45) is 7.05 Å². The molecule has 0 saturated carbocycles. The van der Waals surface area contributed by atoms with Crippen LogP contribution in [0.2, 0.25) is 0 Å². The van der Waals surface area contributed by atoms with Gasteiger partial charge in [0.2, 0.25) is 0 Å². The van der Waals surface area contributed by atoms with E-state index >= 15 is 0 Å². The van der Waals surface area contributed by atoms with Gasteiger partial charge < -0.3 is 13.4 Å². The van der Waals surface area contributed by atoms with Crippen LogP contribution in [-0.4, -0.2) is 9.55 Å². The molecule has 0 aliphatic carbocycles. The molecule has 3 aromatic heterocycles. The topological polar surface area (TPSA) is 44.1 Å². The predicted octanol–water partition coefficient (Wildman–Crippen LogP) is 11.5. The van der Waals surface area contributed by atoms with Crippen molar-refractivity contribution in [1.82, 2.24) is 9.55 Å². The molecule has 0 aliphatic heterocycles. The van der Waals surface area contributed by atoms with Gasteiger partial charge in [-0.25, -0.2) is 4.98 Å². The van der Waals surface area contributed by atoms with Gasteiger partial charge in [0.1, 0.15) is 28.2 Å². The molecular formula is C42H26N2O2. The zero-order valence-corrected chi connectivity index (χ0v) is 25.0. The smallest absolute Gasteiger partial charge is 0.140 e. The molecule has 0 atom stereocenters. The van der Waals surface area contributed by atoms with Crippen LogP contribution in [0.15, 0.2) is 148 Å². The second kappa shape index (κ2) is 9.43. The van der Waals surface area contributed by atoms with Crippen molar-refractivity contribution in [3.63, 3.8) is 0 Å². The van der Waals surface area contributed by atoms with Crippen molar-refractivity contribution in [1.29, 1.82) is 0 Å². The van der Waals surface area contributed by atoms with Gasteiger partial charge in [-0.15, -0.1) is 0 Å². The molecule has 0 N–H and O–H groups in total. The van der Waals surface area contributed by atoms with Crippen LogP contribution in [0.25, 0.3) is 99.3 Å². The maximum Gasteiger partial charge on any atom is 0.140 e. The Labute approximate surface area is 263 Å². The third kappa shape index (κ3) is 3.64. The molecule has 10 aromatic rings. The molecule has 216 valence electrons. The van der Waals surface area contributed by atoms with E-state index in [9.17, 15) is 0 Å². The van der Waals surface area contributed by atoms with Crippen molar-refractivity contribution in [3.8, 4) is 33.6 Å². The lowest BCUT2D eigenvalue weighted by Crippen LogP contribution is -1.91. The highest BCUT2D eigenvalue weighted by molar-refractivity contribution is 6.16. The Kier molecular flexibility index (Phi) is 5.17. The second-order valence-electron chi connectivity index (χ2n) is 12.0. The summed E-state index contributed by atoms with van der Waals surface area (Å²) in [5.41, 5.74) is 11.4. The van der Waals surface area contributed by atoms with E-state index in [1.807, 2.05) is 24.3 Å². The minimum atomic E-state index is 0.867. The SMILES string of the molecule is Cn1c(-c2ccccc2)nc2cc(-c3ccc(-c4ccc5oc6cc7c(cc6c5c4)oc4ccccc47)c4ccccc34)ccc21. The maximum atomic E-state index is 6.36. The largest absolute Gasteiger partial charge is 0.456 e. The van der Waals surface area contributed by atoms with Crippen molar-refractivity contribution in [3.05, 3.63) is 140 Å². The number of hydrogen-bond acceptors (Lipinski definition) is 3. The Morgan fingerprint density at radius 3 is 1.74 bits per heavy atom. The van der Waals surface area contributed by atoms with E-state index in [4.69, 9.17) is 13.8 Å². The fourth-order valence-electron chi connectivity index (χ4n) is 7.18. The number of hydrogen-bond donors (Lipinski definition) is 0. The molecule has 0 unspecified atom stereocenters. The average Bonchev–Trinajstić information content (AvgIpc) is 3.77. The van der Waals surface area contributed by atoms with Crippen LogP contribution in [-0.2, 0) is 7.05 Å². The standard InChI is InChI=1S/C42H26N2O2/c1-44-37-19-15-27(22-36(37)43-42(44)25-9-3-2-4-10-25)29-18-17-28(30-11-5-6-12-31(29)30)26-16-20-39-33(21-26)35-24-40-34(23-41(35)46-39)32-13-7-8-14-38(32)45-40/h2-24H,1H3. The molecule has 0 radical (unpaired) electrons. The van der Waals surface area contributed by atoms with Gasteiger partial charge in [-0.05, 0) is 75.5 Å². The first-order valence-corrected chi connectivity index (χ1v) is 15.5. The number of nitrogens with zero attached hydrogens (tertiary/aromatic N) is 2. The van der Waals surface area contributed by atoms with Crippen LogP contribution in [0.3, 0.4) is 0 Å². The van der Waals surface area contributed by atoms with Gasteiger partial charge in [-0.3, -0.25) is 0 Å². The van der Waals surface area contributed by atoms with E-state index in [1.165, 1.54) is 21.9 Å². The van der Waals surface area contributed by atoms with Crippen LogP contribution < -0.4 is 0 Å². The predicted molar refractivity (Wildman–Crippen MR) is 189 cm³/mol.